The molecule has 1 aliphatic rings. The van der Waals surface area contributed by atoms with Gasteiger partial charge in [-0.25, -0.2) is 0 Å². The molecular formula is C15H22N4. The standard InChI is InChI=1S/C15H22N4/c1-18-13(11-19-7-5-17-6-8-19)9-14-12(10-16)3-2-4-15(14)18/h2-4,9,17H,5-8,10-11,16H2,1H3. The highest BCUT2D eigenvalue weighted by molar-refractivity contribution is 5.84. The summed E-state index contributed by atoms with van der Waals surface area (Å²) in [6.07, 6.45) is 0. The maximum atomic E-state index is 5.83. The second kappa shape index (κ2) is 5.33. The average Bonchev–Trinajstić information content (AvgIpc) is 2.77. The molecule has 1 fully saturated rings. The molecule has 3 rings (SSSR count). The van der Waals surface area contributed by atoms with Crippen LogP contribution in [0.1, 0.15) is 11.3 Å². The van der Waals surface area contributed by atoms with Crippen LogP contribution < -0.4 is 11.1 Å². The molecule has 3 N–H and O–H groups in total. The number of piperazine rings is 1. The summed E-state index contributed by atoms with van der Waals surface area (Å²) in [5.74, 6) is 0. The van der Waals surface area contributed by atoms with Gasteiger partial charge in [-0.15, -0.1) is 0 Å². The number of hydrogen-bond donors (Lipinski definition) is 2. The van der Waals surface area contributed by atoms with E-state index in [9.17, 15) is 0 Å². The molecule has 1 saturated heterocycles. The molecule has 4 heteroatoms. The van der Waals surface area contributed by atoms with Gasteiger partial charge < -0.3 is 15.6 Å². The lowest BCUT2D eigenvalue weighted by Gasteiger charge is -2.27. The topological polar surface area (TPSA) is 46.2 Å². The molecule has 1 aromatic carbocycles. The first kappa shape index (κ1) is 12.7. The van der Waals surface area contributed by atoms with E-state index in [1.807, 2.05) is 0 Å². The first-order valence-electron chi connectivity index (χ1n) is 6.99. The van der Waals surface area contributed by atoms with Gasteiger partial charge in [0.05, 0.1) is 0 Å². The third-order valence-electron chi connectivity index (χ3n) is 4.09. The van der Waals surface area contributed by atoms with Crippen molar-refractivity contribution >= 4 is 10.9 Å². The summed E-state index contributed by atoms with van der Waals surface area (Å²) in [5, 5.41) is 4.70. The Kier molecular flexibility index (Phi) is 3.55. The van der Waals surface area contributed by atoms with Gasteiger partial charge in [-0.05, 0) is 17.7 Å². The Labute approximate surface area is 114 Å². The number of nitrogens with zero attached hydrogens (tertiary/aromatic N) is 2. The first-order chi connectivity index (χ1) is 9.29. The van der Waals surface area contributed by atoms with Gasteiger partial charge in [-0.3, -0.25) is 4.90 Å². The van der Waals surface area contributed by atoms with Crippen molar-refractivity contribution in [3.05, 3.63) is 35.5 Å². The first-order valence-corrected chi connectivity index (χ1v) is 6.99. The van der Waals surface area contributed by atoms with Gasteiger partial charge in [-0.2, -0.15) is 0 Å². The SMILES string of the molecule is Cn1c(CN2CCNCC2)cc2c(CN)cccc21. The van der Waals surface area contributed by atoms with Crippen molar-refractivity contribution in [1.29, 1.82) is 0 Å². The number of nitrogens with one attached hydrogen (secondary N) is 1. The van der Waals surface area contributed by atoms with Crippen molar-refractivity contribution < 1.29 is 0 Å². The minimum absolute atomic E-state index is 0.606. The molecule has 1 aliphatic heterocycles. The molecule has 4 nitrogen and oxygen atoms in total. The molecule has 102 valence electrons. The smallest absolute Gasteiger partial charge is 0.0483 e. The molecule has 2 heterocycles. The summed E-state index contributed by atoms with van der Waals surface area (Å²) >= 11 is 0. The van der Waals surface area contributed by atoms with Gasteiger partial charge in [0, 0.05) is 62.9 Å². The predicted octanol–water partition coefficient (Wildman–Crippen LogP) is 1.04. The van der Waals surface area contributed by atoms with Gasteiger partial charge in [0.1, 0.15) is 0 Å². The molecule has 19 heavy (non-hydrogen) atoms. The van der Waals surface area contributed by atoms with Crippen LogP contribution in [0.5, 0.6) is 0 Å². The van der Waals surface area contributed by atoms with Gasteiger partial charge in [0.25, 0.3) is 0 Å². The van der Waals surface area contributed by atoms with Crippen LogP contribution in [0, 0.1) is 0 Å². The second-order valence-corrected chi connectivity index (χ2v) is 5.27. The van der Waals surface area contributed by atoms with E-state index < -0.39 is 0 Å². The van der Waals surface area contributed by atoms with Crippen LogP contribution in [-0.4, -0.2) is 35.6 Å². The van der Waals surface area contributed by atoms with Crippen LogP contribution in [0.4, 0.5) is 0 Å². The molecular weight excluding hydrogens is 236 g/mol. The average molecular weight is 258 g/mol. The van der Waals surface area contributed by atoms with E-state index in [0.29, 0.717) is 6.54 Å². The second-order valence-electron chi connectivity index (χ2n) is 5.27. The maximum Gasteiger partial charge on any atom is 0.0483 e. The summed E-state index contributed by atoms with van der Waals surface area (Å²) in [4.78, 5) is 2.51. The molecule has 0 radical (unpaired) electrons. The van der Waals surface area contributed by atoms with E-state index in [2.05, 4.69) is 46.1 Å². The Hall–Kier alpha value is -1.36. The highest BCUT2D eigenvalue weighted by Crippen LogP contribution is 2.23. The van der Waals surface area contributed by atoms with E-state index in [-0.39, 0.29) is 0 Å². The Balaban J connectivity index is 1.93. The molecule has 0 atom stereocenters. The van der Waals surface area contributed by atoms with Gasteiger partial charge in [-0.1, -0.05) is 12.1 Å². The largest absolute Gasteiger partial charge is 0.346 e. The van der Waals surface area contributed by atoms with E-state index in [1.54, 1.807) is 0 Å². The molecule has 0 amide bonds. The summed E-state index contributed by atoms with van der Waals surface area (Å²) in [6.45, 7) is 6.08. The van der Waals surface area contributed by atoms with E-state index in [4.69, 9.17) is 5.73 Å². The van der Waals surface area contributed by atoms with Crippen molar-refractivity contribution in [3.63, 3.8) is 0 Å². The fourth-order valence-electron chi connectivity index (χ4n) is 2.90. The molecule has 0 unspecified atom stereocenters. The Bertz CT molecular complexity index is 567. The summed E-state index contributed by atoms with van der Waals surface area (Å²) in [7, 11) is 2.15. The minimum Gasteiger partial charge on any atom is -0.346 e. The molecule has 0 aliphatic carbocycles. The molecule has 0 saturated carbocycles. The number of nitrogens with two attached hydrogens (primary N) is 1. The Morgan fingerprint density at radius 1 is 1.26 bits per heavy atom. The third-order valence-corrected chi connectivity index (χ3v) is 4.09. The van der Waals surface area contributed by atoms with Gasteiger partial charge in [0.2, 0.25) is 0 Å². The zero-order valence-electron chi connectivity index (χ0n) is 11.5. The van der Waals surface area contributed by atoms with Crippen molar-refractivity contribution in [2.45, 2.75) is 13.1 Å². The van der Waals surface area contributed by atoms with E-state index in [1.165, 1.54) is 22.2 Å². The van der Waals surface area contributed by atoms with Gasteiger partial charge >= 0.3 is 0 Å². The van der Waals surface area contributed by atoms with E-state index in [0.717, 1.165) is 32.7 Å². The fraction of sp³-hybridized carbons (Fsp3) is 0.467. The van der Waals surface area contributed by atoms with Crippen LogP contribution in [-0.2, 0) is 20.1 Å². The van der Waals surface area contributed by atoms with Crippen molar-refractivity contribution in [2.75, 3.05) is 26.2 Å². The van der Waals surface area contributed by atoms with Crippen LogP contribution in [0.3, 0.4) is 0 Å². The molecule has 0 spiro atoms. The number of aryl methyl sites for hydroxylation is 1. The fourth-order valence-corrected chi connectivity index (χ4v) is 2.90. The zero-order chi connectivity index (χ0) is 13.2. The Morgan fingerprint density at radius 2 is 2.05 bits per heavy atom. The highest BCUT2D eigenvalue weighted by atomic mass is 15.2. The monoisotopic (exact) mass is 258 g/mol. The number of fused-ring (bicyclic) bond motifs is 1. The lowest BCUT2D eigenvalue weighted by atomic mass is 10.1. The van der Waals surface area contributed by atoms with Crippen LogP contribution in [0.2, 0.25) is 0 Å². The number of hydrogen-bond acceptors (Lipinski definition) is 3. The lowest BCUT2D eigenvalue weighted by molar-refractivity contribution is 0.229. The maximum absolute atomic E-state index is 5.83. The summed E-state index contributed by atoms with van der Waals surface area (Å²) < 4.78 is 2.30. The number of rotatable bonds is 3. The normalized spacial score (nSPS) is 17.2. The minimum atomic E-state index is 0.606. The zero-order valence-corrected chi connectivity index (χ0v) is 11.5. The third kappa shape index (κ3) is 2.39. The van der Waals surface area contributed by atoms with E-state index >= 15 is 0 Å². The lowest BCUT2D eigenvalue weighted by Crippen LogP contribution is -2.43. The molecule has 2 aromatic rings. The van der Waals surface area contributed by atoms with Crippen LogP contribution in [0.25, 0.3) is 10.9 Å². The van der Waals surface area contributed by atoms with Gasteiger partial charge in [0.15, 0.2) is 0 Å². The van der Waals surface area contributed by atoms with Crippen molar-refractivity contribution in [1.82, 2.24) is 14.8 Å². The quantitative estimate of drug-likeness (QED) is 0.865. The molecule has 0 bridgehead atoms. The number of benzene rings is 1. The van der Waals surface area contributed by atoms with Crippen LogP contribution in [0.15, 0.2) is 24.3 Å². The Morgan fingerprint density at radius 3 is 2.79 bits per heavy atom. The van der Waals surface area contributed by atoms with Crippen molar-refractivity contribution in [3.8, 4) is 0 Å². The van der Waals surface area contributed by atoms with Crippen LogP contribution >= 0.6 is 0 Å². The highest BCUT2D eigenvalue weighted by Gasteiger charge is 2.14. The predicted molar refractivity (Wildman–Crippen MR) is 79.0 cm³/mol. The molecule has 1 aromatic heterocycles. The number of aromatic nitrogens is 1. The summed E-state index contributed by atoms with van der Waals surface area (Å²) in [5.41, 5.74) is 9.73. The van der Waals surface area contributed by atoms with Crippen molar-refractivity contribution in [2.24, 2.45) is 12.8 Å². The summed E-state index contributed by atoms with van der Waals surface area (Å²) in [6, 6.07) is 8.70.